The minimum atomic E-state index is -0.788. The highest BCUT2D eigenvalue weighted by molar-refractivity contribution is 7.10. The molecule has 2 aromatic rings. The number of fused-ring (bicyclic) bond motifs is 1. The lowest BCUT2D eigenvalue weighted by molar-refractivity contribution is -0.136. The fourth-order valence-corrected chi connectivity index (χ4v) is 3.85. The Hall–Kier alpha value is -1.65. The normalized spacial score (nSPS) is 21.3. The molecule has 19 heavy (non-hydrogen) atoms. The van der Waals surface area contributed by atoms with Crippen LogP contribution in [0.1, 0.15) is 27.5 Å². The van der Waals surface area contributed by atoms with E-state index in [-0.39, 0.29) is 18.4 Å². The zero-order chi connectivity index (χ0) is 13.4. The van der Waals surface area contributed by atoms with E-state index >= 15 is 0 Å². The van der Waals surface area contributed by atoms with Gasteiger partial charge in [-0.25, -0.2) is 0 Å². The molecule has 0 saturated carbocycles. The first-order valence-electron chi connectivity index (χ1n) is 6.28. The Morgan fingerprint density at radius 3 is 2.89 bits per heavy atom. The number of rotatable bonds is 3. The molecule has 0 aliphatic heterocycles. The molecule has 2 atom stereocenters. The van der Waals surface area contributed by atoms with Crippen LogP contribution in [0.5, 0.6) is 0 Å². The van der Waals surface area contributed by atoms with Crippen LogP contribution < -0.4 is 5.73 Å². The van der Waals surface area contributed by atoms with Crippen LogP contribution in [0.4, 0.5) is 0 Å². The summed E-state index contributed by atoms with van der Waals surface area (Å²) in [5.74, 6) is -0.652. The van der Waals surface area contributed by atoms with Crippen LogP contribution in [0.25, 0.3) is 0 Å². The summed E-state index contributed by atoms with van der Waals surface area (Å²) in [5.41, 5.74) is 9.90. The SMILES string of the molecule is N[C@@H]1Cc2ccccc2[C@@H]1c1ccsc1CC(=O)O. The van der Waals surface area contributed by atoms with Gasteiger partial charge in [0.2, 0.25) is 0 Å². The Kier molecular flexibility index (Phi) is 3.12. The lowest BCUT2D eigenvalue weighted by Crippen LogP contribution is -2.26. The van der Waals surface area contributed by atoms with Crippen molar-refractivity contribution < 1.29 is 9.90 Å². The molecular formula is C15H15NO2S. The first kappa shape index (κ1) is 12.4. The summed E-state index contributed by atoms with van der Waals surface area (Å²) >= 11 is 1.51. The molecule has 4 heteroatoms. The molecule has 1 aliphatic rings. The highest BCUT2D eigenvalue weighted by atomic mass is 32.1. The van der Waals surface area contributed by atoms with Gasteiger partial charge in [0.1, 0.15) is 0 Å². The molecule has 3 nitrogen and oxygen atoms in total. The molecule has 1 heterocycles. The second-order valence-corrected chi connectivity index (χ2v) is 5.91. The summed E-state index contributed by atoms with van der Waals surface area (Å²) in [5, 5.41) is 10.9. The maximum absolute atomic E-state index is 10.9. The third kappa shape index (κ3) is 2.17. The number of benzene rings is 1. The van der Waals surface area contributed by atoms with Crippen LogP contribution in [0, 0.1) is 0 Å². The lowest BCUT2D eigenvalue weighted by atomic mass is 9.90. The minimum Gasteiger partial charge on any atom is -0.481 e. The number of carboxylic acids is 1. The van der Waals surface area contributed by atoms with Gasteiger partial charge in [0.15, 0.2) is 0 Å². The molecule has 3 rings (SSSR count). The van der Waals surface area contributed by atoms with Gasteiger partial charge in [-0.3, -0.25) is 4.79 Å². The van der Waals surface area contributed by atoms with E-state index in [0.29, 0.717) is 0 Å². The van der Waals surface area contributed by atoms with Crippen LogP contribution in [0.2, 0.25) is 0 Å². The predicted octanol–water partition coefficient (Wildman–Crippen LogP) is 2.39. The van der Waals surface area contributed by atoms with Gasteiger partial charge in [0.05, 0.1) is 6.42 Å². The molecule has 0 unspecified atom stereocenters. The summed E-state index contributed by atoms with van der Waals surface area (Å²) in [6.45, 7) is 0. The van der Waals surface area contributed by atoms with Crippen LogP contribution in [-0.4, -0.2) is 17.1 Å². The molecule has 0 radical (unpaired) electrons. The average Bonchev–Trinajstić information content (AvgIpc) is 2.91. The number of thiophene rings is 1. The molecule has 0 spiro atoms. The zero-order valence-electron chi connectivity index (χ0n) is 10.4. The van der Waals surface area contributed by atoms with E-state index in [4.69, 9.17) is 10.8 Å². The van der Waals surface area contributed by atoms with E-state index in [2.05, 4.69) is 12.1 Å². The summed E-state index contributed by atoms with van der Waals surface area (Å²) in [6, 6.07) is 10.3. The van der Waals surface area contributed by atoms with Crippen molar-refractivity contribution >= 4 is 17.3 Å². The van der Waals surface area contributed by atoms with Gasteiger partial charge in [0.25, 0.3) is 0 Å². The Bertz CT molecular complexity index is 620. The van der Waals surface area contributed by atoms with Gasteiger partial charge in [0, 0.05) is 16.8 Å². The summed E-state index contributed by atoms with van der Waals surface area (Å²) in [7, 11) is 0. The Morgan fingerprint density at radius 2 is 2.11 bits per heavy atom. The van der Waals surface area contributed by atoms with E-state index in [1.807, 2.05) is 23.6 Å². The van der Waals surface area contributed by atoms with E-state index < -0.39 is 5.97 Å². The molecular weight excluding hydrogens is 258 g/mol. The molecule has 98 valence electrons. The molecule has 0 fully saturated rings. The maximum atomic E-state index is 10.9. The zero-order valence-corrected chi connectivity index (χ0v) is 11.2. The summed E-state index contributed by atoms with van der Waals surface area (Å²) in [4.78, 5) is 11.9. The number of hydrogen-bond donors (Lipinski definition) is 2. The quantitative estimate of drug-likeness (QED) is 0.902. The second kappa shape index (κ2) is 4.79. The highest BCUT2D eigenvalue weighted by Gasteiger charge is 2.32. The predicted molar refractivity (Wildman–Crippen MR) is 75.6 cm³/mol. The summed E-state index contributed by atoms with van der Waals surface area (Å²) < 4.78 is 0. The van der Waals surface area contributed by atoms with Crippen molar-refractivity contribution in [2.45, 2.75) is 24.8 Å². The minimum absolute atomic E-state index is 0.0412. The first-order chi connectivity index (χ1) is 9.16. The van der Waals surface area contributed by atoms with Crippen LogP contribution in [0.3, 0.4) is 0 Å². The average molecular weight is 273 g/mol. The van der Waals surface area contributed by atoms with E-state index in [1.54, 1.807) is 0 Å². The van der Waals surface area contributed by atoms with Crippen molar-refractivity contribution in [2.75, 3.05) is 0 Å². The standard InChI is InChI=1S/C15H15NO2S/c16-12-7-9-3-1-2-4-10(9)15(12)11-5-6-19-13(11)8-14(17)18/h1-6,12,15H,7-8,16H2,(H,17,18)/t12-,15-/m1/s1. The van der Waals surface area contributed by atoms with Gasteiger partial charge < -0.3 is 10.8 Å². The Balaban J connectivity index is 2.03. The molecule has 0 saturated heterocycles. The van der Waals surface area contributed by atoms with E-state index in [9.17, 15) is 4.79 Å². The largest absolute Gasteiger partial charge is 0.481 e. The third-order valence-electron chi connectivity index (χ3n) is 3.70. The van der Waals surface area contributed by atoms with Crippen LogP contribution in [0.15, 0.2) is 35.7 Å². The van der Waals surface area contributed by atoms with Crippen molar-refractivity contribution in [3.63, 3.8) is 0 Å². The molecule has 3 N–H and O–H groups in total. The van der Waals surface area contributed by atoms with Crippen molar-refractivity contribution in [1.82, 2.24) is 0 Å². The highest BCUT2D eigenvalue weighted by Crippen LogP contribution is 2.40. The maximum Gasteiger partial charge on any atom is 0.308 e. The Labute approximate surface area is 115 Å². The molecule has 0 bridgehead atoms. The van der Waals surface area contributed by atoms with Gasteiger partial charge >= 0.3 is 5.97 Å². The molecule has 1 aromatic carbocycles. The van der Waals surface area contributed by atoms with Gasteiger partial charge in [-0.05, 0) is 34.6 Å². The van der Waals surface area contributed by atoms with Gasteiger partial charge in [-0.2, -0.15) is 0 Å². The second-order valence-electron chi connectivity index (χ2n) is 4.91. The van der Waals surface area contributed by atoms with Crippen molar-refractivity contribution in [3.05, 3.63) is 57.3 Å². The number of nitrogens with two attached hydrogens (primary N) is 1. The first-order valence-corrected chi connectivity index (χ1v) is 7.16. The van der Waals surface area contributed by atoms with Crippen LogP contribution in [-0.2, 0) is 17.6 Å². The third-order valence-corrected chi connectivity index (χ3v) is 4.64. The topological polar surface area (TPSA) is 63.3 Å². The summed E-state index contributed by atoms with van der Waals surface area (Å²) in [6.07, 6.45) is 0.946. The number of aliphatic carboxylic acids is 1. The van der Waals surface area contributed by atoms with Crippen molar-refractivity contribution in [2.24, 2.45) is 5.73 Å². The molecule has 0 amide bonds. The van der Waals surface area contributed by atoms with Crippen molar-refractivity contribution in [3.8, 4) is 0 Å². The monoisotopic (exact) mass is 273 g/mol. The number of carbonyl (C=O) groups is 1. The Morgan fingerprint density at radius 1 is 1.32 bits per heavy atom. The van der Waals surface area contributed by atoms with Crippen LogP contribution >= 0.6 is 11.3 Å². The lowest BCUT2D eigenvalue weighted by Gasteiger charge is -2.17. The van der Waals surface area contributed by atoms with E-state index in [0.717, 1.165) is 16.9 Å². The van der Waals surface area contributed by atoms with Crippen molar-refractivity contribution in [1.29, 1.82) is 0 Å². The molecule has 1 aromatic heterocycles. The van der Waals surface area contributed by atoms with Gasteiger partial charge in [-0.1, -0.05) is 24.3 Å². The number of carboxylic acid groups (broad SMARTS) is 1. The number of hydrogen-bond acceptors (Lipinski definition) is 3. The fraction of sp³-hybridized carbons (Fsp3) is 0.267. The molecule has 1 aliphatic carbocycles. The smallest absolute Gasteiger partial charge is 0.308 e. The van der Waals surface area contributed by atoms with E-state index in [1.165, 1.54) is 22.5 Å². The van der Waals surface area contributed by atoms with Gasteiger partial charge in [-0.15, -0.1) is 11.3 Å². The fourth-order valence-electron chi connectivity index (χ4n) is 2.93.